The van der Waals surface area contributed by atoms with Gasteiger partial charge in [-0.05, 0) is 44.0 Å². The first-order valence-electron chi connectivity index (χ1n) is 7.25. The number of pyridine rings is 2. The number of aromatic nitrogens is 2. The van der Waals surface area contributed by atoms with Crippen molar-refractivity contribution in [3.8, 4) is 11.3 Å². The largest absolute Gasteiger partial charge is 0.366 e. The van der Waals surface area contributed by atoms with Gasteiger partial charge in [0.25, 0.3) is 0 Å². The van der Waals surface area contributed by atoms with Gasteiger partial charge in [0.2, 0.25) is 0 Å². The van der Waals surface area contributed by atoms with Crippen molar-refractivity contribution >= 4 is 11.5 Å². The summed E-state index contributed by atoms with van der Waals surface area (Å²) in [4.78, 5) is 11.5. The first-order chi connectivity index (χ1) is 9.79. The third-order valence-electron chi connectivity index (χ3n) is 4.17. The topological polar surface area (TPSA) is 41.1 Å². The highest BCUT2D eigenvalue weighted by Crippen LogP contribution is 2.34. The highest BCUT2D eigenvalue weighted by molar-refractivity contribution is 5.74. The van der Waals surface area contributed by atoms with Gasteiger partial charge in [0.1, 0.15) is 0 Å². The second-order valence-electron chi connectivity index (χ2n) is 5.68. The molecule has 4 rings (SSSR count). The first kappa shape index (κ1) is 11.7. The van der Waals surface area contributed by atoms with Crippen LogP contribution >= 0.6 is 0 Å². The van der Waals surface area contributed by atoms with Crippen molar-refractivity contribution in [1.82, 2.24) is 9.97 Å². The third-order valence-corrected chi connectivity index (χ3v) is 4.17. The minimum Gasteiger partial charge on any atom is -0.366 e. The van der Waals surface area contributed by atoms with E-state index in [2.05, 4.69) is 33.4 Å². The molecule has 0 radical (unpaired) electrons. The number of aryl methyl sites for hydroxylation is 1. The molecule has 1 saturated heterocycles. The summed E-state index contributed by atoms with van der Waals surface area (Å²) < 4.78 is 0. The number of nitrogens with zero attached hydrogens (tertiary/aromatic N) is 3. The lowest BCUT2D eigenvalue weighted by Crippen LogP contribution is -2.46. The summed E-state index contributed by atoms with van der Waals surface area (Å²) in [6, 6.07) is 8.97. The number of hydrogen-bond donors (Lipinski definition) is 1. The van der Waals surface area contributed by atoms with Crippen molar-refractivity contribution in [2.75, 3.05) is 23.3 Å². The summed E-state index contributed by atoms with van der Waals surface area (Å²) in [6.45, 7) is 4.28. The van der Waals surface area contributed by atoms with Gasteiger partial charge in [-0.25, -0.2) is 4.98 Å². The number of piperidine rings is 1. The zero-order valence-electron chi connectivity index (χ0n) is 11.6. The van der Waals surface area contributed by atoms with Crippen LogP contribution in [0.5, 0.6) is 0 Å². The molecule has 0 aliphatic carbocycles. The van der Waals surface area contributed by atoms with Crippen LogP contribution in [0.1, 0.15) is 18.5 Å². The van der Waals surface area contributed by atoms with Crippen LogP contribution in [0.2, 0.25) is 0 Å². The van der Waals surface area contributed by atoms with E-state index in [-0.39, 0.29) is 0 Å². The molecule has 2 aromatic rings. The van der Waals surface area contributed by atoms with Crippen LogP contribution in [-0.4, -0.2) is 29.1 Å². The zero-order chi connectivity index (χ0) is 13.5. The van der Waals surface area contributed by atoms with Crippen LogP contribution in [0.25, 0.3) is 11.3 Å². The van der Waals surface area contributed by atoms with E-state index < -0.39 is 0 Å². The number of anilines is 2. The summed E-state index contributed by atoms with van der Waals surface area (Å²) in [7, 11) is 0. The minimum absolute atomic E-state index is 0.554. The predicted octanol–water partition coefficient (Wildman–Crippen LogP) is 2.85. The molecule has 0 saturated carbocycles. The zero-order valence-corrected chi connectivity index (χ0v) is 11.6. The van der Waals surface area contributed by atoms with E-state index in [4.69, 9.17) is 4.98 Å². The van der Waals surface area contributed by atoms with Gasteiger partial charge in [-0.3, -0.25) is 4.98 Å². The van der Waals surface area contributed by atoms with E-state index in [1.54, 1.807) is 0 Å². The molecule has 0 spiro atoms. The van der Waals surface area contributed by atoms with Crippen LogP contribution in [0.15, 0.2) is 30.5 Å². The van der Waals surface area contributed by atoms with Crippen LogP contribution < -0.4 is 10.2 Å². The molecule has 4 heterocycles. The third kappa shape index (κ3) is 1.92. The van der Waals surface area contributed by atoms with Gasteiger partial charge in [0, 0.05) is 36.6 Å². The fraction of sp³-hybridized carbons (Fsp3) is 0.375. The molecule has 0 amide bonds. The number of hydrogen-bond acceptors (Lipinski definition) is 4. The highest BCUT2D eigenvalue weighted by atomic mass is 15.2. The molecular formula is C16H18N4. The Morgan fingerprint density at radius 1 is 1.30 bits per heavy atom. The van der Waals surface area contributed by atoms with Gasteiger partial charge in [0.15, 0.2) is 5.82 Å². The molecule has 4 heteroatoms. The Hall–Kier alpha value is -2.10. The van der Waals surface area contributed by atoms with E-state index >= 15 is 0 Å². The summed E-state index contributed by atoms with van der Waals surface area (Å²) in [5.41, 5.74) is 4.42. The number of nitrogens with one attached hydrogen (secondary N) is 1. The van der Waals surface area contributed by atoms with Gasteiger partial charge >= 0.3 is 0 Å². The lowest BCUT2D eigenvalue weighted by Gasteiger charge is -2.40. The van der Waals surface area contributed by atoms with Crippen LogP contribution in [0.3, 0.4) is 0 Å². The molecule has 2 bridgehead atoms. The monoisotopic (exact) mass is 266 g/mol. The lowest BCUT2D eigenvalue weighted by molar-refractivity contribution is 0.516. The molecule has 1 fully saturated rings. The molecule has 20 heavy (non-hydrogen) atoms. The van der Waals surface area contributed by atoms with Crippen molar-refractivity contribution in [3.05, 3.63) is 36.2 Å². The first-order valence-corrected chi connectivity index (χ1v) is 7.25. The molecule has 0 aromatic carbocycles. The van der Waals surface area contributed by atoms with E-state index in [0.29, 0.717) is 6.04 Å². The molecular weight excluding hydrogens is 248 g/mol. The maximum absolute atomic E-state index is 4.83. The van der Waals surface area contributed by atoms with Crippen molar-refractivity contribution < 1.29 is 0 Å². The van der Waals surface area contributed by atoms with Crippen molar-refractivity contribution in [1.29, 1.82) is 0 Å². The summed E-state index contributed by atoms with van der Waals surface area (Å²) in [5, 5.41) is 3.58. The Bertz CT molecular complexity index is 653. The fourth-order valence-corrected chi connectivity index (χ4v) is 3.19. The number of rotatable bonds is 1. The molecule has 2 aliphatic rings. The smallest absolute Gasteiger partial charge is 0.150 e. The van der Waals surface area contributed by atoms with Crippen LogP contribution in [0, 0.1) is 6.92 Å². The molecule has 2 aromatic heterocycles. The SMILES string of the molecule is Cc1cc(-c2ccc3c(n2)N[C@H]2CCCN3C2)ccn1. The van der Waals surface area contributed by atoms with E-state index in [9.17, 15) is 0 Å². The van der Waals surface area contributed by atoms with Gasteiger partial charge in [-0.15, -0.1) is 0 Å². The van der Waals surface area contributed by atoms with Gasteiger partial charge in [-0.1, -0.05) is 0 Å². The van der Waals surface area contributed by atoms with E-state index in [1.807, 2.05) is 19.2 Å². The quantitative estimate of drug-likeness (QED) is 0.861. The summed E-state index contributed by atoms with van der Waals surface area (Å²) in [5.74, 6) is 1.04. The number of fused-ring (bicyclic) bond motifs is 4. The highest BCUT2D eigenvalue weighted by Gasteiger charge is 2.28. The second kappa shape index (κ2) is 4.47. The molecule has 0 unspecified atom stereocenters. The minimum atomic E-state index is 0.554. The van der Waals surface area contributed by atoms with Crippen LogP contribution in [0.4, 0.5) is 11.5 Å². The molecule has 2 aliphatic heterocycles. The average molecular weight is 266 g/mol. The molecule has 102 valence electrons. The summed E-state index contributed by atoms with van der Waals surface area (Å²) in [6.07, 6.45) is 4.36. The predicted molar refractivity (Wildman–Crippen MR) is 81.1 cm³/mol. The maximum Gasteiger partial charge on any atom is 0.150 e. The summed E-state index contributed by atoms with van der Waals surface area (Å²) >= 11 is 0. The van der Waals surface area contributed by atoms with Gasteiger partial charge in [0.05, 0.1) is 11.4 Å². The van der Waals surface area contributed by atoms with Crippen LogP contribution in [-0.2, 0) is 0 Å². The Balaban J connectivity index is 1.76. The van der Waals surface area contributed by atoms with Gasteiger partial charge in [-0.2, -0.15) is 0 Å². The van der Waals surface area contributed by atoms with E-state index in [0.717, 1.165) is 35.9 Å². The normalized spacial score (nSPS) is 20.2. The lowest BCUT2D eigenvalue weighted by atomic mass is 10.0. The van der Waals surface area contributed by atoms with Gasteiger partial charge < -0.3 is 10.2 Å². The molecule has 1 N–H and O–H groups in total. The van der Waals surface area contributed by atoms with Crippen molar-refractivity contribution in [3.63, 3.8) is 0 Å². The second-order valence-corrected chi connectivity index (χ2v) is 5.68. The molecule has 1 atom stereocenters. The van der Waals surface area contributed by atoms with E-state index in [1.165, 1.54) is 18.5 Å². The fourth-order valence-electron chi connectivity index (χ4n) is 3.19. The average Bonchev–Trinajstić information content (AvgIpc) is 2.47. The molecule has 4 nitrogen and oxygen atoms in total. The maximum atomic E-state index is 4.83. The Kier molecular flexibility index (Phi) is 2.62. The Morgan fingerprint density at radius 3 is 3.15 bits per heavy atom. The van der Waals surface area contributed by atoms with Crippen molar-refractivity contribution in [2.45, 2.75) is 25.8 Å². The Morgan fingerprint density at radius 2 is 2.25 bits per heavy atom. The standard InChI is InChI=1S/C16H18N4/c1-11-9-12(6-7-17-11)14-4-5-15-16(19-14)18-13-3-2-8-20(15)10-13/h4-7,9,13H,2-3,8,10H2,1H3,(H,18,19)/t13-/m0/s1. The van der Waals surface area contributed by atoms with Crippen molar-refractivity contribution in [2.24, 2.45) is 0 Å². The Labute approximate surface area is 118 Å².